The summed E-state index contributed by atoms with van der Waals surface area (Å²) in [5.74, 6) is -1.07. The third kappa shape index (κ3) is 1.98. The molecule has 0 aliphatic rings. The fourth-order valence-corrected chi connectivity index (χ4v) is 1.29. The highest BCUT2D eigenvalue weighted by atomic mass is 35.5. The van der Waals surface area contributed by atoms with Crippen LogP contribution in [0.1, 0.15) is 28.0 Å². The van der Waals surface area contributed by atoms with Gasteiger partial charge in [0.25, 0.3) is 12.3 Å². The van der Waals surface area contributed by atoms with Crippen molar-refractivity contribution in [2.75, 3.05) is 0 Å². The first-order valence-electron chi connectivity index (χ1n) is 3.69. The second-order valence-corrected chi connectivity index (χ2v) is 2.79. The molecule has 6 heteroatoms. The second-order valence-electron chi connectivity index (χ2n) is 2.52. The summed E-state index contributed by atoms with van der Waals surface area (Å²) in [5, 5.41) is 0. The predicted octanol–water partition coefficient (Wildman–Crippen LogP) is 1.86. The van der Waals surface area contributed by atoms with Crippen molar-refractivity contribution in [2.45, 2.75) is 12.3 Å². The van der Waals surface area contributed by atoms with Gasteiger partial charge in [0.1, 0.15) is 0 Å². The number of nitrogens with zero attached hydrogens (tertiary/aromatic N) is 1. The Morgan fingerprint density at radius 2 is 2.29 bits per heavy atom. The number of alkyl halides is 3. The van der Waals surface area contributed by atoms with Gasteiger partial charge in [0.15, 0.2) is 0 Å². The highest BCUT2D eigenvalue weighted by Gasteiger charge is 2.20. The van der Waals surface area contributed by atoms with Crippen LogP contribution in [-0.4, -0.2) is 10.9 Å². The minimum Gasteiger partial charge on any atom is -0.366 e. The molecule has 0 spiro atoms. The van der Waals surface area contributed by atoms with Gasteiger partial charge in [0.05, 0.1) is 17.1 Å². The van der Waals surface area contributed by atoms with E-state index in [-0.39, 0.29) is 17.1 Å². The number of hydrogen-bond acceptors (Lipinski definition) is 2. The monoisotopic (exact) mass is 220 g/mol. The minimum atomic E-state index is -2.76. The van der Waals surface area contributed by atoms with Crippen LogP contribution in [-0.2, 0) is 5.88 Å². The summed E-state index contributed by atoms with van der Waals surface area (Å²) in [6.45, 7) is 0. The lowest BCUT2D eigenvalue weighted by molar-refractivity contribution is 0.0984. The van der Waals surface area contributed by atoms with Crippen LogP contribution in [0.4, 0.5) is 8.78 Å². The topological polar surface area (TPSA) is 56.0 Å². The average Bonchev–Trinajstić information content (AvgIpc) is 2.16. The number of rotatable bonds is 3. The van der Waals surface area contributed by atoms with Crippen LogP contribution in [0.3, 0.4) is 0 Å². The molecule has 2 N–H and O–H groups in total. The van der Waals surface area contributed by atoms with Crippen molar-refractivity contribution in [3.8, 4) is 0 Å². The Kier molecular flexibility index (Phi) is 3.35. The van der Waals surface area contributed by atoms with Gasteiger partial charge < -0.3 is 5.73 Å². The molecule has 1 amide bonds. The van der Waals surface area contributed by atoms with Gasteiger partial charge in [-0.1, -0.05) is 0 Å². The van der Waals surface area contributed by atoms with Crippen LogP contribution < -0.4 is 5.73 Å². The predicted molar refractivity (Wildman–Crippen MR) is 47.3 cm³/mol. The summed E-state index contributed by atoms with van der Waals surface area (Å²) in [6, 6.07) is 1.06. The molecular formula is C8H7ClF2N2O. The zero-order valence-corrected chi connectivity index (χ0v) is 7.76. The minimum absolute atomic E-state index is 0.0805. The maximum atomic E-state index is 12.4. The van der Waals surface area contributed by atoms with Crippen LogP contribution in [0.15, 0.2) is 12.3 Å². The van der Waals surface area contributed by atoms with Crippen LogP contribution in [0.25, 0.3) is 0 Å². The molecule has 0 saturated heterocycles. The zero-order valence-electron chi connectivity index (χ0n) is 7.01. The molecule has 0 radical (unpaired) electrons. The van der Waals surface area contributed by atoms with Crippen molar-refractivity contribution in [3.05, 3.63) is 29.1 Å². The molecule has 0 aliphatic heterocycles. The Labute approximate surface area is 83.9 Å². The van der Waals surface area contributed by atoms with E-state index in [9.17, 15) is 13.6 Å². The first kappa shape index (κ1) is 10.8. The van der Waals surface area contributed by atoms with E-state index >= 15 is 0 Å². The van der Waals surface area contributed by atoms with E-state index in [4.69, 9.17) is 17.3 Å². The number of nitrogens with two attached hydrogens (primary N) is 1. The smallest absolute Gasteiger partial charge is 0.264 e. The largest absolute Gasteiger partial charge is 0.366 e. The maximum Gasteiger partial charge on any atom is 0.264 e. The van der Waals surface area contributed by atoms with Crippen LogP contribution in [0.5, 0.6) is 0 Å². The lowest BCUT2D eigenvalue weighted by Gasteiger charge is -2.08. The number of carbonyl (C=O) groups excluding carboxylic acids is 1. The van der Waals surface area contributed by atoms with Crippen LogP contribution in [0, 0.1) is 0 Å². The third-order valence-electron chi connectivity index (χ3n) is 1.67. The Hall–Kier alpha value is -1.23. The molecular weight excluding hydrogens is 214 g/mol. The molecule has 1 rings (SSSR count). The number of hydrogen-bond donors (Lipinski definition) is 1. The zero-order chi connectivity index (χ0) is 10.7. The standard InChI is InChI=1S/C8H7ClF2N2O/c9-3-5-6(8(12)14)4(7(10)11)1-2-13-5/h1-2,7H,3H2,(H2,12,14). The van der Waals surface area contributed by atoms with Crippen molar-refractivity contribution < 1.29 is 13.6 Å². The van der Waals surface area contributed by atoms with Crippen LogP contribution >= 0.6 is 11.6 Å². The van der Waals surface area contributed by atoms with Crippen molar-refractivity contribution in [1.29, 1.82) is 0 Å². The van der Waals surface area contributed by atoms with Gasteiger partial charge in [-0.25, -0.2) is 8.78 Å². The Balaban J connectivity index is 3.35. The third-order valence-corrected chi connectivity index (χ3v) is 1.92. The van der Waals surface area contributed by atoms with Gasteiger partial charge in [-0.2, -0.15) is 0 Å². The first-order valence-corrected chi connectivity index (χ1v) is 4.23. The van der Waals surface area contributed by atoms with Gasteiger partial charge in [-0.3, -0.25) is 9.78 Å². The number of amides is 1. The van der Waals surface area contributed by atoms with Crippen molar-refractivity contribution >= 4 is 17.5 Å². The van der Waals surface area contributed by atoms with E-state index in [1.165, 1.54) is 6.20 Å². The average molecular weight is 221 g/mol. The number of primary amides is 1. The molecule has 0 bridgehead atoms. The molecule has 0 fully saturated rings. The SMILES string of the molecule is NC(=O)c1c(C(F)F)ccnc1CCl. The van der Waals surface area contributed by atoms with E-state index in [1.807, 2.05) is 0 Å². The van der Waals surface area contributed by atoms with E-state index in [2.05, 4.69) is 4.98 Å². The highest BCUT2D eigenvalue weighted by molar-refractivity contribution is 6.17. The quantitative estimate of drug-likeness (QED) is 0.791. The number of pyridine rings is 1. The molecule has 76 valence electrons. The molecule has 3 nitrogen and oxygen atoms in total. The molecule has 0 saturated carbocycles. The lowest BCUT2D eigenvalue weighted by Crippen LogP contribution is -2.17. The summed E-state index contributed by atoms with van der Waals surface area (Å²) in [4.78, 5) is 14.6. The van der Waals surface area contributed by atoms with E-state index in [1.54, 1.807) is 0 Å². The summed E-state index contributed by atoms with van der Waals surface area (Å²) in [7, 11) is 0. The molecule has 1 aromatic heterocycles. The van der Waals surface area contributed by atoms with Crippen molar-refractivity contribution in [2.24, 2.45) is 5.73 Å². The molecule has 0 aliphatic carbocycles. The normalized spacial score (nSPS) is 10.6. The number of carbonyl (C=O) groups is 1. The molecule has 0 atom stereocenters. The van der Waals surface area contributed by atoms with Gasteiger partial charge in [0.2, 0.25) is 0 Å². The number of halogens is 3. The van der Waals surface area contributed by atoms with Gasteiger partial charge in [0, 0.05) is 11.8 Å². The van der Waals surface area contributed by atoms with Gasteiger partial charge in [-0.05, 0) is 6.07 Å². The second kappa shape index (κ2) is 4.32. The highest BCUT2D eigenvalue weighted by Crippen LogP contribution is 2.24. The molecule has 0 unspecified atom stereocenters. The van der Waals surface area contributed by atoms with Crippen LogP contribution in [0.2, 0.25) is 0 Å². The molecule has 0 aromatic carbocycles. The van der Waals surface area contributed by atoms with E-state index in [0.717, 1.165) is 6.07 Å². The molecule has 1 aromatic rings. The molecule has 14 heavy (non-hydrogen) atoms. The van der Waals surface area contributed by atoms with E-state index < -0.39 is 17.9 Å². The maximum absolute atomic E-state index is 12.4. The Bertz CT molecular complexity index is 357. The summed E-state index contributed by atoms with van der Waals surface area (Å²) in [5.41, 5.74) is 4.33. The number of aromatic nitrogens is 1. The fraction of sp³-hybridized carbons (Fsp3) is 0.250. The van der Waals surface area contributed by atoms with Crippen molar-refractivity contribution in [1.82, 2.24) is 4.98 Å². The summed E-state index contributed by atoms with van der Waals surface area (Å²) >= 11 is 5.44. The fourth-order valence-electron chi connectivity index (χ4n) is 1.09. The summed E-state index contributed by atoms with van der Waals surface area (Å²) in [6.07, 6.45) is -1.59. The Morgan fingerprint density at radius 1 is 1.64 bits per heavy atom. The van der Waals surface area contributed by atoms with Gasteiger partial charge >= 0.3 is 0 Å². The lowest BCUT2D eigenvalue weighted by atomic mass is 10.1. The van der Waals surface area contributed by atoms with E-state index in [0.29, 0.717) is 0 Å². The summed E-state index contributed by atoms with van der Waals surface area (Å²) < 4.78 is 24.9. The first-order chi connectivity index (χ1) is 6.57. The molecule has 1 heterocycles. The van der Waals surface area contributed by atoms with Crippen molar-refractivity contribution in [3.63, 3.8) is 0 Å². The Morgan fingerprint density at radius 3 is 2.71 bits per heavy atom. The van der Waals surface area contributed by atoms with Gasteiger partial charge in [-0.15, -0.1) is 11.6 Å².